The summed E-state index contributed by atoms with van der Waals surface area (Å²) in [7, 11) is 0. The van der Waals surface area contributed by atoms with Crippen molar-refractivity contribution < 1.29 is 14.0 Å². The van der Waals surface area contributed by atoms with Crippen LogP contribution >= 0.6 is 0 Å². The summed E-state index contributed by atoms with van der Waals surface area (Å²) >= 11 is 0. The van der Waals surface area contributed by atoms with Crippen LogP contribution in [0.25, 0.3) is 0 Å². The van der Waals surface area contributed by atoms with Crippen molar-refractivity contribution in [3.05, 3.63) is 83.9 Å². The van der Waals surface area contributed by atoms with Crippen LogP contribution in [-0.4, -0.2) is 53.1 Å². The molecule has 2 aromatic carbocycles. The van der Waals surface area contributed by atoms with Gasteiger partial charge in [-0.25, -0.2) is 4.39 Å². The van der Waals surface area contributed by atoms with E-state index in [1.54, 1.807) is 12.4 Å². The number of carbonyl (C=O) groups is 2. The van der Waals surface area contributed by atoms with Gasteiger partial charge in [0.05, 0.1) is 24.0 Å². The highest BCUT2D eigenvalue weighted by molar-refractivity contribution is 5.95. The van der Waals surface area contributed by atoms with Gasteiger partial charge in [-0.1, -0.05) is 12.1 Å². The molecular formula is C26H26FN5O2. The quantitative estimate of drug-likeness (QED) is 0.629. The topological polar surface area (TPSA) is 78.4 Å². The largest absolute Gasteiger partial charge is 0.368 e. The second-order valence-corrected chi connectivity index (χ2v) is 8.89. The summed E-state index contributed by atoms with van der Waals surface area (Å²) < 4.78 is 13.1. The fraction of sp³-hybridized carbons (Fsp3) is 0.308. The lowest BCUT2D eigenvalue weighted by atomic mass is 9.89. The van der Waals surface area contributed by atoms with Crippen LogP contribution in [0.3, 0.4) is 0 Å². The first-order chi connectivity index (χ1) is 16.6. The summed E-state index contributed by atoms with van der Waals surface area (Å²) in [6.07, 6.45) is 5.11. The van der Waals surface area contributed by atoms with Crippen LogP contribution in [0.1, 0.15) is 34.7 Å². The monoisotopic (exact) mass is 459 g/mol. The highest BCUT2D eigenvalue weighted by atomic mass is 19.1. The van der Waals surface area contributed by atoms with Crippen molar-refractivity contribution in [3.8, 4) is 0 Å². The Bertz CT molecular complexity index is 1140. The molecule has 2 saturated heterocycles. The third-order valence-corrected chi connectivity index (χ3v) is 6.71. The molecule has 0 aliphatic carbocycles. The van der Waals surface area contributed by atoms with Gasteiger partial charge >= 0.3 is 0 Å². The summed E-state index contributed by atoms with van der Waals surface area (Å²) in [6, 6.07) is 15.6. The van der Waals surface area contributed by atoms with E-state index < -0.39 is 0 Å². The summed E-state index contributed by atoms with van der Waals surface area (Å²) in [5.74, 6) is -0.0380. The molecule has 5 rings (SSSR count). The summed E-state index contributed by atoms with van der Waals surface area (Å²) in [5.41, 5.74) is 3.51. The van der Waals surface area contributed by atoms with Gasteiger partial charge in [0, 0.05) is 37.4 Å². The molecule has 2 aliphatic heterocycles. The maximum atomic E-state index is 13.1. The number of amides is 2. The third-order valence-electron chi connectivity index (χ3n) is 6.71. The smallest absolute Gasteiger partial charge is 0.253 e. The van der Waals surface area contributed by atoms with Crippen molar-refractivity contribution in [1.82, 2.24) is 15.1 Å². The van der Waals surface area contributed by atoms with Crippen molar-refractivity contribution in [1.29, 1.82) is 0 Å². The molecule has 7 nitrogen and oxygen atoms in total. The van der Waals surface area contributed by atoms with Gasteiger partial charge in [0.2, 0.25) is 5.91 Å². The number of rotatable bonds is 5. The first kappa shape index (κ1) is 22.0. The van der Waals surface area contributed by atoms with Gasteiger partial charge < -0.3 is 15.1 Å². The lowest BCUT2D eigenvalue weighted by Crippen LogP contribution is -2.52. The van der Waals surface area contributed by atoms with Crippen LogP contribution in [0.15, 0.2) is 67.0 Å². The van der Waals surface area contributed by atoms with Gasteiger partial charge in [0.25, 0.3) is 5.91 Å². The van der Waals surface area contributed by atoms with Crippen LogP contribution in [0.5, 0.6) is 0 Å². The van der Waals surface area contributed by atoms with E-state index in [0.29, 0.717) is 37.7 Å². The van der Waals surface area contributed by atoms with Gasteiger partial charge in [-0.2, -0.15) is 10.2 Å². The Morgan fingerprint density at radius 2 is 1.62 bits per heavy atom. The molecule has 1 N–H and O–H groups in total. The number of likely N-dealkylation sites (tertiary alicyclic amines) is 1. The Labute approximate surface area is 197 Å². The van der Waals surface area contributed by atoms with Crippen molar-refractivity contribution in [2.24, 2.45) is 5.92 Å². The zero-order valence-electron chi connectivity index (χ0n) is 18.7. The van der Waals surface area contributed by atoms with E-state index in [-0.39, 0.29) is 23.5 Å². The Balaban J connectivity index is 1.10. The molecule has 3 heterocycles. The average Bonchev–Trinajstić information content (AvgIpc) is 2.84. The lowest BCUT2D eigenvalue weighted by Gasteiger charge is -2.39. The predicted octanol–water partition coefficient (Wildman–Crippen LogP) is 3.71. The lowest BCUT2D eigenvalue weighted by molar-refractivity contribution is -0.120. The molecule has 0 bridgehead atoms. The van der Waals surface area contributed by atoms with Crippen LogP contribution in [0.4, 0.5) is 15.8 Å². The van der Waals surface area contributed by atoms with Crippen molar-refractivity contribution >= 4 is 23.2 Å². The Kier molecular flexibility index (Phi) is 6.20. The summed E-state index contributed by atoms with van der Waals surface area (Å²) in [6.45, 7) is 2.69. The molecule has 3 aromatic rings. The third kappa shape index (κ3) is 4.76. The van der Waals surface area contributed by atoms with E-state index in [9.17, 15) is 14.0 Å². The van der Waals surface area contributed by atoms with Gasteiger partial charge in [-0.3, -0.25) is 9.59 Å². The number of nitrogens with one attached hydrogen (secondary N) is 1. The Hall–Kier alpha value is -3.81. The predicted molar refractivity (Wildman–Crippen MR) is 127 cm³/mol. The van der Waals surface area contributed by atoms with Gasteiger partial charge in [-0.05, 0) is 66.8 Å². The van der Waals surface area contributed by atoms with Crippen molar-refractivity contribution in [2.75, 3.05) is 36.4 Å². The van der Waals surface area contributed by atoms with Gasteiger partial charge in [0.15, 0.2) is 0 Å². The molecule has 8 heteroatoms. The normalized spacial score (nSPS) is 16.7. The van der Waals surface area contributed by atoms with E-state index in [0.717, 1.165) is 24.2 Å². The molecule has 0 radical (unpaired) electrons. The number of halogens is 1. The van der Waals surface area contributed by atoms with E-state index in [1.165, 1.54) is 29.8 Å². The fourth-order valence-corrected chi connectivity index (χ4v) is 4.60. The second-order valence-electron chi connectivity index (χ2n) is 8.89. The molecule has 34 heavy (non-hydrogen) atoms. The van der Waals surface area contributed by atoms with Gasteiger partial charge in [-0.15, -0.1) is 0 Å². The van der Waals surface area contributed by atoms with Crippen LogP contribution in [-0.2, 0) is 4.79 Å². The number of piperidine rings is 1. The fourth-order valence-electron chi connectivity index (χ4n) is 4.60. The van der Waals surface area contributed by atoms with Gasteiger partial charge in [0.1, 0.15) is 5.82 Å². The highest BCUT2D eigenvalue weighted by Crippen LogP contribution is 2.30. The number of hydrogen-bond acceptors (Lipinski definition) is 5. The van der Waals surface area contributed by atoms with Crippen molar-refractivity contribution in [2.45, 2.75) is 18.8 Å². The zero-order chi connectivity index (χ0) is 23.5. The van der Waals surface area contributed by atoms with Crippen LogP contribution in [0, 0.1) is 11.7 Å². The number of anilines is 2. The standard InChI is InChI=1S/C26H26FN5O2/c27-22-5-1-20(2-6-22)26(34)31-13-10-19(11-14-31)18-3-7-23(8-4-18)30-25(33)21-16-32(17-21)24-9-12-28-29-15-24/h1-9,12,15,19,21H,10-11,13-14,16-17H2,(H,30,33). The molecule has 2 fully saturated rings. The Morgan fingerprint density at radius 1 is 0.912 bits per heavy atom. The number of nitrogens with zero attached hydrogens (tertiary/aromatic N) is 4. The first-order valence-electron chi connectivity index (χ1n) is 11.5. The molecule has 1 aromatic heterocycles. The average molecular weight is 460 g/mol. The van der Waals surface area contributed by atoms with Crippen LogP contribution in [0.2, 0.25) is 0 Å². The summed E-state index contributed by atoms with van der Waals surface area (Å²) in [4.78, 5) is 29.2. The van der Waals surface area contributed by atoms with E-state index >= 15 is 0 Å². The minimum atomic E-state index is -0.341. The minimum Gasteiger partial charge on any atom is -0.368 e. The number of hydrogen-bond donors (Lipinski definition) is 1. The number of carbonyl (C=O) groups excluding carboxylic acids is 2. The minimum absolute atomic E-state index is 0.0265. The second kappa shape index (κ2) is 9.59. The van der Waals surface area contributed by atoms with E-state index in [4.69, 9.17) is 0 Å². The molecule has 0 saturated carbocycles. The molecular weight excluding hydrogens is 433 g/mol. The number of aromatic nitrogens is 2. The zero-order valence-corrected chi connectivity index (χ0v) is 18.7. The van der Waals surface area contributed by atoms with E-state index in [1.807, 2.05) is 23.1 Å². The maximum absolute atomic E-state index is 13.1. The molecule has 0 unspecified atom stereocenters. The molecule has 2 aliphatic rings. The molecule has 174 valence electrons. The highest BCUT2D eigenvalue weighted by Gasteiger charge is 2.33. The maximum Gasteiger partial charge on any atom is 0.253 e. The molecule has 2 amide bonds. The molecule has 0 atom stereocenters. The van der Waals surface area contributed by atoms with Crippen molar-refractivity contribution in [3.63, 3.8) is 0 Å². The first-order valence-corrected chi connectivity index (χ1v) is 11.5. The Morgan fingerprint density at radius 3 is 2.26 bits per heavy atom. The number of benzene rings is 2. The molecule has 0 spiro atoms. The SMILES string of the molecule is O=C(Nc1ccc(C2CCN(C(=O)c3ccc(F)cc3)CC2)cc1)C1CN(c2ccnnc2)C1. The van der Waals surface area contributed by atoms with E-state index in [2.05, 4.69) is 32.5 Å². The van der Waals surface area contributed by atoms with Crippen LogP contribution < -0.4 is 10.2 Å². The summed E-state index contributed by atoms with van der Waals surface area (Å²) in [5, 5.41) is 10.7.